The molecule has 0 aromatic heterocycles. The van der Waals surface area contributed by atoms with E-state index in [1.807, 2.05) is 19.1 Å². The molecule has 0 spiro atoms. The number of hydrogen-bond acceptors (Lipinski definition) is 1. The summed E-state index contributed by atoms with van der Waals surface area (Å²) in [7, 11) is 0. The van der Waals surface area contributed by atoms with Crippen molar-refractivity contribution < 1.29 is 13.6 Å². The summed E-state index contributed by atoms with van der Waals surface area (Å²) in [5, 5.41) is 2.74. The number of nitrogens with one attached hydrogen (secondary N) is 1. The summed E-state index contributed by atoms with van der Waals surface area (Å²) >= 11 is 3.34. The Morgan fingerprint density at radius 1 is 1.15 bits per heavy atom. The molecule has 0 unspecified atom stereocenters. The van der Waals surface area contributed by atoms with Crippen LogP contribution in [0.2, 0.25) is 0 Å². The van der Waals surface area contributed by atoms with Crippen LogP contribution in [0.1, 0.15) is 11.1 Å². The summed E-state index contributed by atoms with van der Waals surface area (Å²) < 4.78 is 26.8. The van der Waals surface area contributed by atoms with E-state index in [0.29, 0.717) is 11.3 Å². The Hall–Kier alpha value is -1.75. The van der Waals surface area contributed by atoms with Crippen LogP contribution in [0.15, 0.2) is 40.9 Å². The van der Waals surface area contributed by atoms with Crippen LogP contribution in [-0.4, -0.2) is 5.91 Å². The van der Waals surface area contributed by atoms with Gasteiger partial charge in [0.25, 0.3) is 0 Å². The smallest absolute Gasteiger partial charge is 0.228 e. The van der Waals surface area contributed by atoms with E-state index in [1.165, 1.54) is 6.07 Å². The second-order valence-corrected chi connectivity index (χ2v) is 5.35. The molecule has 0 heterocycles. The third kappa shape index (κ3) is 3.63. The van der Waals surface area contributed by atoms with Crippen LogP contribution >= 0.6 is 15.9 Å². The molecule has 2 aromatic rings. The van der Waals surface area contributed by atoms with Gasteiger partial charge in [-0.1, -0.05) is 22.0 Å². The van der Waals surface area contributed by atoms with E-state index in [1.54, 1.807) is 6.07 Å². The quantitative estimate of drug-likeness (QED) is 0.891. The van der Waals surface area contributed by atoms with Gasteiger partial charge in [0, 0.05) is 10.2 Å². The second-order valence-electron chi connectivity index (χ2n) is 4.43. The Balaban J connectivity index is 2.07. The fourth-order valence-electron chi connectivity index (χ4n) is 1.80. The van der Waals surface area contributed by atoms with Gasteiger partial charge in [-0.15, -0.1) is 0 Å². The number of aryl methyl sites for hydroxylation is 1. The predicted molar refractivity (Wildman–Crippen MR) is 77.6 cm³/mol. The molecule has 0 aliphatic rings. The van der Waals surface area contributed by atoms with E-state index in [-0.39, 0.29) is 12.3 Å². The molecule has 2 nitrogen and oxygen atoms in total. The highest BCUT2D eigenvalue weighted by molar-refractivity contribution is 9.10. The first-order valence-corrected chi connectivity index (χ1v) is 6.75. The van der Waals surface area contributed by atoms with Crippen LogP contribution in [-0.2, 0) is 11.2 Å². The van der Waals surface area contributed by atoms with Gasteiger partial charge in [0.05, 0.1) is 6.42 Å². The Bertz CT molecular complexity index is 658. The van der Waals surface area contributed by atoms with Crippen molar-refractivity contribution in [3.63, 3.8) is 0 Å². The predicted octanol–water partition coefficient (Wildman–Crippen LogP) is 4.22. The van der Waals surface area contributed by atoms with Crippen LogP contribution in [0.4, 0.5) is 14.5 Å². The summed E-state index contributed by atoms with van der Waals surface area (Å²) in [6.07, 6.45) is -0.00724. The van der Waals surface area contributed by atoms with Crippen molar-refractivity contribution in [3.8, 4) is 0 Å². The fraction of sp³-hybridized carbons (Fsp3) is 0.133. The molecule has 0 radical (unpaired) electrons. The molecule has 1 amide bonds. The third-order valence-corrected chi connectivity index (χ3v) is 3.30. The summed E-state index contributed by atoms with van der Waals surface area (Å²) in [6, 6.07) is 8.93. The lowest BCUT2D eigenvalue weighted by atomic mass is 10.1. The van der Waals surface area contributed by atoms with E-state index in [9.17, 15) is 13.6 Å². The maximum atomic E-state index is 13.1. The highest BCUT2D eigenvalue weighted by Gasteiger charge is 2.09. The Morgan fingerprint density at radius 2 is 1.90 bits per heavy atom. The Labute approximate surface area is 123 Å². The van der Waals surface area contributed by atoms with Gasteiger partial charge in [-0.25, -0.2) is 8.78 Å². The molecule has 0 bridgehead atoms. The Kier molecular flexibility index (Phi) is 4.49. The molecule has 0 aliphatic carbocycles. The van der Waals surface area contributed by atoms with Gasteiger partial charge in [0.15, 0.2) is 11.6 Å². The SMILES string of the molecule is Cc1cc(Br)ccc1NC(=O)Cc1ccc(F)c(F)c1. The molecule has 0 saturated heterocycles. The number of anilines is 1. The first-order chi connectivity index (χ1) is 9.45. The average molecular weight is 340 g/mol. The maximum Gasteiger partial charge on any atom is 0.228 e. The number of benzene rings is 2. The normalized spacial score (nSPS) is 10.4. The van der Waals surface area contributed by atoms with E-state index in [2.05, 4.69) is 21.2 Å². The summed E-state index contributed by atoms with van der Waals surface area (Å²) in [5.74, 6) is -2.14. The number of carbonyl (C=O) groups is 1. The van der Waals surface area contributed by atoms with E-state index < -0.39 is 11.6 Å². The zero-order chi connectivity index (χ0) is 14.7. The van der Waals surface area contributed by atoms with Crippen molar-refractivity contribution in [1.29, 1.82) is 0 Å². The molecular weight excluding hydrogens is 328 g/mol. The zero-order valence-electron chi connectivity index (χ0n) is 10.7. The van der Waals surface area contributed by atoms with Crippen molar-refractivity contribution in [2.24, 2.45) is 0 Å². The first kappa shape index (κ1) is 14.7. The van der Waals surface area contributed by atoms with Crippen molar-refractivity contribution in [2.45, 2.75) is 13.3 Å². The van der Waals surface area contributed by atoms with Crippen molar-refractivity contribution >= 4 is 27.5 Å². The lowest BCUT2D eigenvalue weighted by molar-refractivity contribution is -0.115. The van der Waals surface area contributed by atoms with Crippen LogP contribution in [0, 0.1) is 18.6 Å². The van der Waals surface area contributed by atoms with Crippen molar-refractivity contribution in [2.75, 3.05) is 5.32 Å². The van der Waals surface area contributed by atoms with Gasteiger partial charge in [-0.2, -0.15) is 0 Å². The minimum atomic E-state index is -0.949. The lowest BCUT2D eigenvalue weighted by Crippen LogP contribution is -2.15. The maximum absolute atomic E-state index is 13.1. The molecule has 104 valence electrons. The molecule has 0 atom stereocenters. The summed E-state index contributed by atoms with van der Waals surface area (Å²) in [4.78, 5) is 11.9. The average Bonchev–Trinajstić information content (AvgIpc) is 2.37. The molecular formula is C15H12BrF2NO. The molecule has 5 heteroatoms. The highest BCUT2D eigenvalue weighted by Crippen LogP contribution is 2.20. The van der Waals surface area contributed by atoms with E-state index in [0.717, 1.165) is 22.2 Å². The number of rotatable bonds is 3. The summed E-state index contributed by atoms with van der Waals surface area (Å²) in [6.45, 7) is 1.87. The van der Waals surface area contributed by atoms with E-state index >= 15 is 0 Å². The van der Waals surface area contributed by atoms with Crippen LogP contribution in [0.3, 0.4) is 0 Å². The fourth-order valence-corrected chi connectivity index (χ4v) is 2.27. The number of halogens is 3. The first-order valence-electron chi connectivity index (χ1n) is 5.95. The molecule has 2 rings (SSSR count). The largest absolute Gasteiger partial charge is 0.326 e. The summed E-state index contributed by atoms with van der Waals surface area (Å²) in [5.41, 5.74) is 2.04. The van der Waals surface area contributed by atoms with Crippen LogP contribution < -0.4 is 5.32 Å². The van der Waals surface area contributed by atoms with E-state index in [4.69, 9.17) is 0 Å². The lowest BCUT2D eigenvalue weighted by Gasteiger charge is -2.09. The minimum absolute atomic E-state index is 0.00724. The van der Waals surface area contributed by atoms with Gasteiger partial charge >= 0.3 is 0 Å². The number of amides is 1. The van der Waals surface area contributed by atoms with Crippen molar-refractivity contribution in [3.05, 3.63) is 63.6 Å². The van der Waals surface area contributed by atoms with Crippen LogP contribution in [0.5, 0.6) is 0 Å². The monoisotopic (exact) mass is 339 g/mol. The molecule has 2 aromatic carbocycles. The van der Waals surface area contributed by atoms with Gasteiger partial charge in [-0.05, 0) is 48.4 Å². The van der Waals surface area contributed by atoms with Gasteiger partial charge in [-0.3, -0.25) is 4.79 Å². The Morgan fingerprint density at radius 3 is 2.55 bits per heavy atom. The third-order valence-electron chi connectivity index (χ3n) is 2.81. The van der Waals surface area contributed by atoms with Crippen molar-refractivity contribution in [1.82, 2.24) is 0 Å². The molecule has 0 fully saturated rings. The molecule has 20 heavy (non-hydrogen) atoms. The molecule has 0 aliphatic heterocycles. The second kappa shape index (κ2) is 6.13. The van der Waals surface area contributed by atoms with Gasteiger partial charge in [0.2, 0.25) is 5.91 Å². The number of carbonyl (C=O) groups excluding carboxylic acids is 1. The van der Waals surface area contributed by atoms with Gasteiger partial charge in [0.1, 0.15) is 0 Å². The molecule has 1 N–H and O–H groups in total. The zero-order valence-corrected chi connectivity index (χ0v) is 12.3. The standard InChI is InChI=1S/C15H12BrF2NO/c1-9-6-11(16)3-5-14(9)19-15(20)8-10-2-4-12(17)13(18)7-10/h2-7H,8H2,1H3,(H,19,20). The topological polar surface area (TPSA) is 29.1 Å². The highest BCUT2D eigenvalue weighted by atomic mass is 79.9. The van der Waals surface area contributed by atoms with Crippen LogP contribution in [0.25, 0.3) is 0 Å². The minimum Gasteiger partial charge on any atom is -0.326 e. The number of hydrogen-bond donors (Lipinski definition) is 1. The molecule has 0 saturated carbocycles. The van der Waals surface area contributed by atoms with Gasteiger partial charge < -0.3 is 5.32 Å².